The van der Waals surface area contributed by atoms with Crippen molar-refractivity contribution in [2.24, 2.45) is 17.8 Å². The van der Waals surface area contributed by atoms with Gasteiger partial charge in [-0.2, -0.15) is 0 Å². The molecule has 7 atom stereocenters. The summed E-state index contributed by atoms with van der Waals surface area (Å²) in [6, 6.07) is 12.8. The molecule has 0 aliphatic carbocycles. The molecule has 0 radical (unpaired) electrons. The number of fused-ring (bicyclic) bond motifs is 13. The first-order valence-electron chi connectivity index (χ1n) is 19.8. The summed E-state index contributed by atoms with van der Waals surface area (Å²) in [6.45, 7) is 13.7. The van der Waals surface area contributed by atoms with E-state index in [1.807, 2.05) is 96.1 Å². The Morgan fingerprint density at radius 1 is 0.891 bits per heavy atom. The summed E-state index contributed by atoms with van der Waals surface area (Å²) in [4.78, 5) is 66.5. The Morgan fingerprint density at radius 3 is 2.20 bits per heavy atom. The minimum Gasteiger partial charge on any atom is -0.494 e. The molecular weight excluding hydrogens is 700 g/mol. The molecule has 4 rings (SSSR count). The molecule has 2 aliphatic heterocycles. The number of nitrogens with one attached hydrogen (secondary N) is 6. The summed E-state index contributed by atoms with van der Waals surface area (Å²) < 4.78 is 5.88. The predicted octanol–water partition coefficient (Wildman–Crippen LogP) is 2.79. The summed E-state index contributed by atoms with van der Waals surface area (Å²) in [6.07, 6.45) is 1.93. The molecule has 7 N–H and O–H groups in total. The van der Waals surface area contributed by atoms with Crippen LogP contribution in [-0.2, 0) is 36.8 Å². The van der Waals surface area contributed by atoms with Crippen LogP contribution in [0, 0.1) is 17.8 Å². The lowest BCUT2D eigenvalue weighted by atomic mass is 9.96. The standard InChI is InChI=1S/C42H64N6O7/c1-8-28(6)38-41(53)43-20-12-13-21-55-32-18-16-31(17-19-32)24-34(39(51)48-38)44-25-36(50)33(23-30-14-10-9-11-15-30)46-42(54)37(27(4)5)47-40(52)35(22-26(2)3)45-29(7)49/h9-11,14-19,26-28,33-38,44,50H,8,12-13,20-25H2,1-7H3,(H,43,53)(H,45,49)(H,46,54)(H,47,52)(H,48,51)/t28?,33-,34-,35?,36+,37?,38-/m0/s1. The maximum Gasteiger partial charge on any atom is 0.243 e. The van der Waals surface area contributed by atoms with E-state index in [4.69, 9.17) is 4.74 Å². The van der Waals surface area contributed by atoms with Gasteiger partial charge in [0, 0.05) is 20.0 Å². The van der Waals surface area contributed by atoms with Gasteiger partial charge >= 0.3 is 0 Å². The van der Waals surface area contributed by atoms with E-state index in [1.54, 1.807) is 0 Å². The van der Waals surface area contributed by atoms with Gasteiger partial charge in [0.15, 0.2) is 0 Å². The highest BCUT2D eigenvalue weighted by Crippen LogP contribution is 2.17. The number of carbonyl (C=O) groups excluding carboxylic acids is 5. The van der Waals surface area contributed by atoms with Crippen molar-refractivity contribution >= 4 is 29.5 Å². The van der Waals surface area contributed by atoms with Gasteiger partial charge in [0.2, 0.25) is 29.5 Å². The first-order chi connectivity index (χ1) is 26.2. The third kappa shape index (κ3) is 15.3. The van der Waals surface area contributed by atoms with Gasteiger partial charge in [-0.1, -0.05) is 90.4 Å². The second-order valence-electron chi connectivity index (χ2n) is 15.5. The zero-order chi connectivity index (χ0) is 40.5. The van der Waals surface area contributed by atoms with Gasteiger partial charge in [-0.05, 0) is 73.1 Å². The number of carbonyl (C=O) groups is 5. The van der Waals surface area contributed by atoms with Crippen LogP contribution in [0.3, 0.4) is 0 Å². The fourth-order valence-electron chi connectivity index (χ4n) is 6.48. The number of benzene rings is 2. The molecule has 55 heavy (non-hydrogen) atoms. The van der Waals surface area contributed by atoms with Crippen molar-refractivity contribution in [2.75, 3.05) is 19.7 Å². The van der Waals surface area contributed by atoms with E-state index >= 15 is 0 Å². The Balaban J connectivity index is 1.86. The molecule has 0 spiro atoms. The normalized spacial score (nSPS) is 19.6. The zero-order valence-corrected chi connectivity index (χ0v) is 33.7. The van der Waals surface area contributed by atoms with Crippen molar-refractivity contribution < 1.29 is 33.8 Å². The Labute approximate surface area is 326 Å². The Bertz CT molecular complexity index is 1520. The third-order valence-corrected chi connectivity index (χ3v) is 9.92. The highest BCUT2D eigenvalue weighted by atomic mass is 16.5. The van der Waals surface area contributed by atoms with Crippen LogP contribution < -0.4 is 36.6 Å². The molecule has 2 aromatic rings. The molecule has 13 heteroatoms. The van der Waals surface area contributed by atoms with Gasteiger partial charge in [0.05, 0.1) is 24.8 Å². The van der Waals surface area contributed by atoms with Crippen LogP contribution in [-0.4, -0.2) is 90.7 Å². The van der Waals surface area contributed by atoms with E-state index in [9.17, 15) is 29.1 Å². The molecule has 0 saturated heterocycles. The number of aliphatic hydroxyl groups is 1. The number of ether oxygens (including phenoxy) is 1. The van der Waals surface area contributed by atoms with Crippen molar-refractivity contribution in [3.8, 4) is 5.75 Å². The topological polar surface area (TPSA) is 187 Å². The van der Waals surface area contributed by atoms with E-state index in [2.05, 4.69) is 31.9 Å². The lowest BCUT2D eigenvalue weighted by Gasteiger charge is -2.31. The average Bonchev–Trinajstić information content (AvgIpc) is 3.14. The zero-order valence-electron chi connectivity index (χ0n) is 33.7. The van der Waals surface area contributed by atoms with Gasteiger partial charge in [-0.25, -0.2) is 0 Å². The number of rotatable bonds is 16. The second-order valence-corrected chi connectivity index (χ2v) is 15.5. The average molecular weight is 765 g/mol. The summed E-state index contributed by atoms with van der Waals surface area (Å²) in [5, 5.41) is 29.5. The SMILES string of the molecule is CCC(C)[C@@H]1NC(=O)[C@@H](NC[C@@H](O)[C@H](Cc2ccccc2)NC(=O)C(NC(=O)C(CC(C)C)NC(C)=O)C(C)C)Cc2ccc(cc2)OCCCCNC1=O. The van der Waals surface area contributed by atoms with Gasteiger partial charge < -0.3 is 41.7 Å². The maximum absolute atomic E-state index is 14.0. The lowest BCUT2D eigenvalue weighted by Crippen LogP contribution is -2.60. The van der Waals surface area contributed by atoms with Gasteiger partial charge in [-0.15, -0.1) is 0 Å². The van der Waals surface area contributed by atoms with Crippen LogP contribution in [0.2, 0.25) is 0 Å². The number of hydrogen-bond donors (Lipinski definition) is 7. The molecule has 2 heterocycles. The highest BCUT2D eigenvalue weighted by Gasteiger charge is 2.33. The minimum atomic E-state index is -1.17. The third-order valence-electron chi connectivity index (χ3n) is 9.92. The number of amides is 5. The van der Waals surface area contributed by atoms with Crippen molar-refractivity contribution in [1.82, 2.24) is 31.9 Å². The molecule has 0 aromatic heterocycles. The number of hydrogen-bond acceptors (Lipinski definition) is 8. The van der Waals surface area contributed by atoms with Gasteiger partial charge in [0.1, 0.15) is 23.9 Å². The van der Waals surface area contributed by atoms with E-state index in [0.29, 0.717) is 31.7 Å². The quantitative estimate of drug-likeness (QED) is 0.136. The van der Waals surface area contributed by atoms with Gasteiger partial charge in [0.25, 0.3) is 0 Å². The smallest absolute Gasteiger partial charge is 0.243 e. The second kappa shape index (κ2) is 22.8. The molecule has 2 bridgehead atoms. The number of aliphatic hydroxyl groups excluding tert-OH is 1. The van der Waals surface area contributed by atoms with Gasteiger partial charge in [-0.3, -0.25) is 24.0 Å². The van der Waals surface area contributed by atoms with Crippen molar-refractivity contribution in [2.45, 2.75) is 123 Å². The van der Waals surface area contributed by atoms with Crippen LogP contribution in [0.25, 0.3) is 0 Å². The van der Waals surface area contributed by atoms with Crippen LogP contribution in [0.1, 0.15) is 85.3 Å². The van der Waals surface area contributed by atoms with E-state index < -0.39 is 48.1 Å². The van der Waals surface area contributed by atoms with Crippen LogP contribution in [0.4, 0.5) is 0 Å². The molecule has 13 nitrogen and oxygen atoms in total. The van der Waals surface area contributed by atoms with Crippen molar-refractivity contribution in [1.29, 1.82) is 0 Å². The van der Waals surface area contributed by atoms with Crippen molar-refractivity contribution in [3.63, 3.8) is 0 Å². The van der Waals surface area contributed by atoms with Crippen molar-refractivity contribution in [3.05, 3.63) is 65.7 Å². The Kier molecular flexibility index (Phi) is 18.6. The summed E-state index contributed by atoms with van der Waals surface area (Å²) in [5.41, 5.74) is 1.72. The summed E-state index contributed by atoms with van der Waals surface area (Å²) in [7, 11) is 0. The fourth-order valence-corrected chi connectivity index (χ4v) is 6.48. The molecule has 3 unspecified atom stereocenters. The van der Waals surface area contributed by atoms with Crippen LogP contribution in [0.5, 0.6) is 5.75 Å². The van der Waals surface area contributed by atoms with E-state index in [1.165, 1.54) is 6.92 Å². The first-order valence-corrected chi connectivity index (χ1v) is 19.8. The highest BCUT2D eigenvalue weighted by molar-refractivity contribution is 5.92. The summed E-state index contributed by atoms with van der Waals surface area (Å²) in [5.74, 6) is -1.55. The minimum absolute atomic E-state index is 0.0744. The van der Waals surface area contributed by atoms with Crippen LogP contribution in [0.15, 0.2) is 54.6 Å². The molecular formula is C42H64N6O7. The monoisotopic (exact) mass is 764 g/mol. The first kappa shape index (κ1) is 44.9. The van der Waals surface area contributed by atoms with E-state index in [-0.39, 0.29) is 54.9 Å². The summed E-state index contributed by atoms with van der Waals surface area (Å²) >= 11 is 0. The molecule has 0 fully saturated rings. The maximum atomic E-state index is 14.0. The fraction of sp³-hybridized carbons (Fsp3) is 0.595. The molecule has 0 saturated carbocycles. The molecule has 5 amide bonds. The molecule has 2 aromatic carbocycles. The predicted molar refractivity (Wildman–Crippen MR) is 213 cm³/mol. The molecule has 2 aliphatic rings. The van der Waals surface area contributed by atoms with Crippen LogP contribution >= 0.6 is 0 Å². The molecule has 304 valence electrons. The largest absolute Gasteiger partial charge is 0.494 e. The lowest BCUT2D eigenvalue weighted by molar-refractivity contribution is -0.133. The van der Waals surface area contributed by atoms with E-state index in [0.717, 1.165) is 24.0 Å². The Hall–Kier alpha value is -4.49. The Morgan fingerprint density at radius 2 is 1.58 bits per heavy atom.